The molecule has 4 heteroatoms. The summed E-state index contributed by atoms with van der Waals surface area (Å²) in [5.74, 6) is 0.388. The molecule has 0 bridgehead atoms. The van der Waals surface area contributed by atoms with Gasteiger partial charge in [-0.05, 0) is 50.9 Å². The fourth-order valence-corrected chi connectivity index (χ4v) is 3.11. The lowest BCUT2D eigenvalue weighted by atomic mass is 9.79. The molecule has 2 fully saturated rings. The molecule has 19 heavy (non-hydrogen) atoms. The Kier molecular flexibility index (Phi) is 3.25. The predicted octanol–water partition coefficient (Wildman–Crippen LogP) is 2.62. The first kappa shape index (κ1) is 12.6. The van der Waals surface area contributed by atoms with Crippen LogP contribution in [0.3, 0.4) is 0 Å². The lowest BCUT2D eigenvalue weighted by Gasteiger charge is -2.28. The normalized spacial score (nSPS) is 23.0. The Hall–Kier alpha value is -1.45. The van der Waals surface area contributed by atoms with E-state index in [1.54, 1.807) is 18.6 Å². The third-order valence-corrected chi connectivity index (χ3v) is 4.76. The summed E-state index contributed by atoms with van der Waals surface area (Å²) in [6.45, 7) is 1.97. The van der Waals surface area contributed by atoms with Crippen LogP contribution in [-0.4, -0.2) is 15.9 Å². The van der Waals surface area contributed by atoms with E-state index in [0.29, 0.717) is 5.41 Å². The van der Waals surface area contributed by atoms with Gasteiger partial charge >= 0.3 is 0 Å². The average molecular weight is 259 g/mol. The molecule has 0 unspecified atom stereocenters. The zero-order valence-electron chi connectivity index (χ0n) is 11.4. The van der Waals surface area contributed by atoms with Gasteiger partial charge < -0.3 is 5.32 Å². The van der Waals surface area contributed by atoms with Gasteiger partial charge in [-0.1, -0.05) is 0 Å². The number of rotatable bonds is 3. The zero-order valence-corrected chi connectivity index (χ0v) is 11.4. The minimum Gasteiger partial charge on any atom is -0.348 e. The van der Waals surface area contributed by atoms with Gasteiger partial charge in [0.05, 0.1) is 17.9 Å². The molecule has 0 radical (unpaired) electrons. The summed E-state index contributed by atoms with van der Waals surface area (Å²) in [6.07, 6.45) is 12.4. The molecule has 1 atom stereocenters. The number of carbonyl (C=O) groups is 1. The number of aromatic nitrogens is 2. The molecular formula is C15H21N3O. The summed E-state index contributed by atoms with van der Waals surface area (Å²) in [5, 5.41) is 3.07. The molecule has 3 rings (SSSR count). The molecule has 1 amide bonds. The first-order valence-electron chi connectivity index (χ1n) is 7.25. The minimum absolute atomic E-state index is 0.0574. The largest absolute Gasteiger partial charge is 0.348 e. The quantitative estimate of drug-likeness (QED) is 0.907. The van der Waals surface area contributed by atoms with Crippen LogP contribution in [0.2, 0.25) is 0 Å². The van der Waals surface area contributed by atoms with Gasteiger partial charge in [0.15, 0.2) is 0 Å². The van der Waals surface area contributed by atoms with E-state index in [1.807, 2.05) is 6.92 Å². The maximum Gasteiger partial charge on any atom is 0.223 e. The Morgan fingerprint density at radius 2 is 2.05 bits per heavy atom. The fourth-order valence-electron chi connectivity index (χ4n) is 3.11. The van der Waals surface area contributed by atoms with Crippen LogP contribution in [0.4, 0.5) is 0 Å². The van der Waals surface area contributed by atoms with Gasteiger partial charge in [0.2, 0.25) is 5.91 Å². The second-order valence-electron chi connectivity index (χ2n) is 6.13. The molecule has 0 saturated heterocycles. The summed E-state index contributed by atoms with van der Waals surface area (Å²) in [5.41, 5.74) is 1.47. The first-order valence-corrected chi connectivity index (χ1v) is 7.25. The molecule has 1 heterocycles. The number of nitrogens with one attached hydrogen (secondary N) is 1. The Balaban J connectivity index is 1.53. The Labute approximate surface area is 114 Å². The smallest absolute Gasteiger partial charge is 0.223 e. The second kappa shape index (κ2) is 4.91. The van der Waals surface area contributed by atoms with Crippen molar-refractivity contribution in [3.05, 3.63) is 24.3 Å². The van der Waals surface area contributed by atoms with Crippen LogP contribution in [0.1, 0.15) is 57.2 Å². The van der Waals surface area contributed by atoms with E-state index in [1.165, 1.54) is 25.7 Å². The maximum absolute atomic E-state index is 12.3. The van der Waals surface area contributed by atoms with Crippen LogP contribution in [0.25, 0.3) is 0 Å². The average Bonchev–Trinajstić information content (AvgIpc) is 3.20. The molecule has 1 N–H and O–H groups in total. The monoisotopic (exact) mass is 259 g/mol. The molecule has 0 aliphatic heterocycles. The van der Waals surface area contributed by atoms with Crippen molar-refractivity contribution in [2.45, 2.75) is 51.5 Å². The molecule has 2 aliphatic carbocycles. The van der Waals surface area contributed by atoms with Crippen molar-refractivity contribution in [1.29, 1.82) is 0 Å². The molecular weight excluding hydrogens is 238 g/mol. The van der Waals surface area contributed by atoms with E-state index in [0.717, 1.165) is 18.5 Å². The highest BCUT2D eigenvalue weighted by molar-refractivity contribution is 5.79. The second-order valence-corrected chi connectivity index (χ2v) is 6.13. The minimum atomic E-state index is -0.0574. The number of amides is 1. The number of carbonyl (C=O) groups excluding carboxylic acids is 1. The van der Waals surface area contributed by atoms with Crippen molar-refractivity contribution in [2.75, 3.05) is 0 Å². The lowest BCUT2D eigenvalue weighted by molar-refractivity contribution is -0.127. The Morgan fingerprint density at radius 3 is 2.63 bits per heavy atom. The highest BCUT2D eigenvalue weighted by Crippen LogP contribution is 2.57. The topological polar surface area (TPSA) is 54.9 Å². The van der Waals surface area contributed by atoms with Gasteiger partial charge in [0.1, 0.15) is 0 Å². The molecule has 1 aromatic rings. The molecule has 1 aromatic heterocycles. The van der Waals surface area contributed by atoms with Crippen molar-refractivity contribution in [3.63, 3.8) is 0 Å². The molecule has 1 spiro atoms. The maximum atomic E-state index is 12.3. The van der Waals surface area contributed by atoms with Crippen molar-refractivity contribution in [1.82, 2.24) is 15.3 Å². The fraction of sp³-hybridized carbons (Fsp3) is 0.667. The number of hydrogen-bond donors (Lipinski definition) is 1. The summed E-state index contributed by atoms with van der Waals surface area (Å²) in [7, 11) is 0. The van der Waals surface area contributed by atoms with Gasteiger partial charge in [-0.15, -0.1) is 0 Å². The van der Waals surface area contributed by atoms with Crippen molar-refractivity contribution < 1.29 is 4.79 Å². The van der Waals surface area contributed by atoms with E-state index >= 15 is 0 Å². The first-order chi connectivity index (χ1) is 9.19. The van der Waals surface area contributed by atoms with Crippen LogP contribution in [-0.2, 0) is 4.79 Å². The van der Waals surface area contributed by atoms with Gasteiger partial charge in [-0.2, -0.15) is 0 Å². The molecule has 2 aliphatic rings. The molecule has 0 aromatic carbocycles. The summed E-state index contributed by atoms with van der Waals surface area (Å²) in [4.78, 5) is 20.5. The van der Waals surface area contributed by atoms with Gasteiger partial charge in [-0.25, -0.2) is 0 Å². The van der Waals surface area contributed by atoms with Gasteiger partial charge in [0.25, 0.3) is 0 Å². The number of hydrogen-bond acceptors (Lipinski definition) is 3. The van der Waals surface area contributed by atoms with E-state index in [4.69, 9.17) is 0 Å². The number of nitrogens with zero attached hydrogens (tertiary/aromatic N) is 2. The summed E-state index contributed by atoms with van der Waals surface area (Å²) < 4.78 is 0. The molecule has 2 saturated carbocycles. The summed E-state index contributed by atoms with van der Waals surface area (Å²) >= 11 is 0. The molecule has 4 nitrogen and oxygen atoms in total. The Morgan fingerprint density at radius 1 is 1.32 bits per heavy atom. The zero-order chi connectivity index (χ0) is 13.3. The van der Waals surface area contributed by atoms with Crippen LogP contribution < -0.4 is 5.32 Å². The lowest BCUT2D eigenvalue weighted by Crippen LogP contribution is -2.35. The highest BCUT2D eigenvalue weighted by Gasteiger charge is 2.45. The third-order valence-electron chi connectivity index (χ3n) is 4.76. The predicted molar refractivity (Wildman–Crippen MR) is 72.2 cm³/mol. The van der Waals surface area contributed by atoms with Crippen LogP contribution in [0, 0.1) is 11.3 Å². The SMILES string of the molecule is C[C@H](NC(=O)C1CCC2(CC1)CC2)c1cnccn1. The van der Waals surface area contributed by atoms with Crippen LogP contribution in [0.5, 0.6) is 0 Å². The molecule has 102 valence electrons. The van der Waals surface area contributed by atoms with Gasteiger partial charge in [0, 0.05) is 18.3 Å². The third kappa shape index (κ3) is 2.77. The standard InChI is InChI=1S/C15H21N3O/c1-11(13-10-16-8-9-17-13)18-14(19)12-2-4-15(5-3-12)6-7-15/h8-12H,2-7H2,1H3,(H,18,19)/t11-/m0/s1. The van der Waals surface area contributed by atoms with Crippen LogP contribution in [0.15, 0.2) is 18.6 Å². The van der Waals surface area contributed by atoms with Crippen molar-refractivity contribution in [3.8, 4) is 0 Å². The van der Waals surface area contributed by atoms with E-state index in [9.17, 15) is 4.79 Å². The van der Waals surface area contributed by atoms with E-state index in [-0.39, 0.29) is 17.9 Å². The summed E-state index contributed by atoms with van der Waals surface area (Å²) in [6, 6.07) is -0.0574. The Bertz CT molecular complexity index is 446. The van der Waals surface area contributed by atoms with E-state index < -0.39 is 0 Å². The van der Waals surface area contributed by atoms with Crippen LogP contribution >= 0.6 is 0 Å². The van der Waals surface area contributed by atoms with E-state index in [2.05, 4.69) is 15.3 Å². The van der Waals surface area contributed by atoms with Crippen molar-refractivity contribution in [2.24, 2.45) is 11.3 Å². The van der Waals surface area contributed by atoms with Crippen molar-refractivity contribution >= 4 is 5.91 Å². The highest BCUT2D eigenvalue weighted by atomic mass is 16.1. The van der Waals surface area contributed by atoms with Gasteiger partial charge in [-0.3, -0.25) is 14.8 Å².